The summed E-state index contributed by atoms with van der Waals surface area (Å²) in [6.07, 6.45) is 10.4. The molecule has 0 saturated carbocycles. The standard InChI is InChI=1S/C20H28O/c1-2-3-4-5-6-7-8-11-18-15-14-17-12-9-10-13-19(17)20(18)16-21/h9-10,12-15,21H,2-8,11,16H2,1H3. The first-order valence-corrected chi connectivity index (χ1v) is 8.47. The van der Waals surface area contributed by atoms with E-state index in [1.165, 1.54) is 61.3 Å². The Kier molecular flexibility index (Phi) is 6.75. The van der Waals surface area contributed by atoms with Gasteiger partial charge < -0.3 is 5.11 Å². The van der Waals surface area contributed by atoms with Gasteiger partial charge in [0.15, 0.2) is 0 Å². The summed E-state index contributed by atoms with van der Waals surface area (Å²) in [6.45, 7) is 2.41. The zero-order valence-electron chi connectivity index (χ0n) is 13.3. The van der Waals surface area contributed by atoms with Crippen LogP contribution in [0.5, 0.6) is 0 Å². The average molecular weight is 284 g/mol. The number of fused-ring (bicyclic) bond motifs is 1. The SMILES string of the molecule is CCCCCCCCCc1ccc2ccccc2c1CO. The lowest BCUT2D eigenvalue weighted by Gasteiger charge is -2.11. The highest BCUT2D eigenvalue weighted by Gasteiger charge is 2.06. The molecule has 0 heterocycles. The monoisotopic (exact) mass is 284 g/mol. The molecule has 0 aliphatic carbocycles. The predicted molar refractivity (Wildman–Crippen MR) is 91.6 cm³/mol. The molecule has 0 atom stereocenters. The molecule has 0 aromatic heterocycles. The Balaban J connectivity index is 1.90. The van der Waals surface area contributed by atoms with Crippen molar-refractivity contribution >= 4 is 10.8 Å². The lowest BCUT2D eigenvalue weighted by Crippen LogP contribution is -1.96. The first kappa shape index (κ1) is 16.0. The van der Waals surface area contributed by atoms with E-state index in [2.05, 4.69) is 43.3 Å². The minimum absolute atomic E-state index is 0.146. The summed E-state index contributed by atoms with van der Waals surface area (Å²) in [4.78, 5) is 0. The highest BCUT2D eigenvalue weighted by atomic mass is 16.3. The second kappa shape index (κ2) is 8.84. The first-order valence-electron chi connectivity index (χ1n) is 8.47. The third kappa shape index (κ3) is 4.57. The number of unbranched alkanes of at least 4 members (excludes halogenated alkanes) is 6. The van der Waals surface area contributed by atoms with Crippen LogP contribution in [0.25, 0.3) is 10.8 Å². The molecule has 0 unspecified atom stereocenters. The smallest absolute Gasteiger partial charge is 0.0690 e. The molecule has 21 heavy (non-hydrogen) atoms. The van der Waals surface area contributed by atoms with Gasteiger partial charge in [0.25, 0.3) is 0 Å². The number of aliphatic hydroxyl groups excluding tert-OH is 1. The van der Waals surface area contributed by atoms with Crippen LogP contribution in [0.15, 0.2) is 36.4 Å². The molecular weight excluding hydrogens is 256 g/mol. The van der Waals surface area contributed by atoms with Crippen LogP contribution in [0.1, 0.15) is 63.0 Å². The van der Waals surface area contributed by atoms with Crippen molar-refractivity contribution < 1.29 is 5.11 Å². The molecule has 2 rings (SSSR count). The molecule has 1 nitrogen and oxygen atoms in total. The topological polar surface area (TPSA) is 20.2 Å². The third-order valence-electron chi connectivity index (χ3n) is 4.35. The molecule has 0 aliphatic rings. The van der Waals surface area contributed by atoms with Crippen LogP contribution in [0, 0.1) is 0 Å². The van der Waals surface area contributed by atoms with Gasteiger partial charge in [0, 0.05) is 0 Å². The molecule has 1 heteroatoms. The Morgan fingerprint density at radius 1 is 0.810 bits per heavy atom. The van der Waals surface area contributed by atoms with Gasteiger partial charge in [-0.25, -0.2) is 0 Å². The molecule has 2 aromatic carbocycles. The van der Waals surface area contributed by atoms with Crippen LogP contribution < -0.4 is 0 Å². The van der Waals surface area contributed by atoms with Crippen molar-refractivity contribution in [3.05, 3.63) is 47.5 Å². The van der Waals surface area contributed by atoms with Crippen molar-refractivity contribution in [2.24, 2.45) is 0 Å². The van der Waals surface area contributed by atoms with Gasteiger partial charge in [-0.2, -0.15) is 0 Å². The molecule has 0 amide bonds. The minimum atomic E-state index is 0.146. The van der Waals surface area contributed by atoms with E-state index < -0.39 is 0 Å². The number of benzene rings is 2. The highest BCUT2D eigenvalue weighted by Crippen LogP contribution is 2.24. The summed E-state index contributed by atoms with van der Waals surface area (Å²) < 4.78 is 0. The Morgan fingerprint density at radius 2 is 1.52 bits per heavy atom. The van der Waals surface area contributed by atoms with Crippen LogP contribution in [0.2, 0.25) is 0 Å². The zero-order valence-corrected chi connectivity index (χ0v) is 13.3. The van der Waals surface area contributed by atoms with Crippen molar-refractivity contribution in [3.8, 4) is 0 Å². The molecule has 114 valence electrons. The number of hydrogen-bond acceptors (Lipinski definition) is 1. The summed E-state index contributed by atoms with van der Waals surface area (Å²) in [5, 5.41) is 12.2. The Labute approximate surface area is 129 Å². The van der Waals surface area contributed by atoms with Crippen molar-refractivity contribution in [1.29, 1.82) is 0 Å². The van der Waals surface area contributed by atoms with Gasteiger partial charge in [0.1, 0.15) is 0 Å². The number of aryl methyl sites for hydroxylation is 1. The fourth-order valence-electron chi connectivity index (χ4n) is 3.07. The molecule has 0 radical (unpaired) electrons. The van der Waals surface area contributed by atoms with Crippen molar-refractivity contribution in [2.75, 3.05) is 0 Å². The second-order valence-electron chi connectivity index (χ2n) is 5.95. The maximum absolute atomic E-state index is 9.72. The van der Waals surface area contributed by atoms with Crippen LogP contribution in [-0.2, 0) is 13.0 Å². The number of hydrogen-bond donors (Lipinski definition) is 1. The fourth-order valence-corrected chi connectivity index (χ4v) is 3.07. The summed E-state index contributed by atoms with van der Waals surface area (Å²) in [6, 6.07) is 12.7. The summed E-state index contributed by atoms with van der Waals surface area (Å²) in [7, 11) is 0. The highest BCUT2D eigenvalue weighted by molar-refractivity contribution is 5.86. The van der Waals surface area contributed by atoms with Gasteiger partial charge in [-0.1, -0.05) is 81.8 Å². The van der Waals surface area contributed by atoms with Gasteiger partial charge in [0.05, 0.1) is 6.61 Å². The summed E-state index contributed by atoms with van der Waals surface area (Å²) >= 11 is 0. The molecule has 0 saturated heterocycles. The largest absolute Gasteiger partial charge is 0.392 e. The van der Waals surface area contributed by atoms with E-state index in [-0.39, 0.29) is 6.61 Å². The lowest BCUT2D eigenvalue weighted by molar-refractivity contribution is 0.282. The number of aliphatic hydroxyl groups is 1. The lowest BCUT2D eigenvalue weighted by atomic mass is 9.95. The van der Waals surface area contributed by atoms with Gasteiger partial charge in [-0.05, 0) is 34.7 Å². The van der Waals surface area contributed by atoms with Crippen LogP contribution in [-0.4, -0.2) is 5.11 Å². The number of rotatable bonds is 9. The van der Waals surface area contributed by atoms with Crippen molar-refractivity contribution in [3.63, 3.8) is 0 Å². The zero-order chi connectivity index (χ0) is 14.9. The van der Waals surface area contributed by atoms with Crippen LogP contribution in [0.3, 0.4) is 0 Å². The average Bonchev–Trinajstić information content (AvgIpc) is 2.53. The molecule has 0 bridgehead atoms. The Hall–Kier alpha value is -1.34. The van der Waals surface area contributed by atoms with Crippen molar-refractivity contribution in [1.82, 2.24) is 0 Å². The molecule has 0 spiro atoms. The van der Waals surface area contributed by atoms with E-state index in [0.29, 0.717) is 0 Å². The second-order valence-corrected chi connectivity index (χ2v) is 5.95. The minimum Gasteiger partial charge on any atom is -0.392 e. The van der Waals surface area contributed by atoms with Gasteiger partial charge in [-0.3, -0.25) is 0 Å². The summed E-state index contributed by atoms with van der Waals surface area (Å²) in [5.74, 6) is 0. The molecular formula is C20H28O. The van der Waals surface area contributed by atoms with E-state index in [9.17, 15) is 5.11 Å². The van der Waals surface area contributed by atoms with E-state index in [4.69, 9.17) is 0 Å². The van der Waals surface area contributed by atoms with E-state index in [1.807, 2.05) is 0 Å². The van der Waals surface area contributed by atoms with Crippen LogP contribution in [0.4, 0.5) is 0 Å². The quantitative estimate of drug-likeness (QED) is 0.592. The molecule has 0 aliphatic heterocycles. The molecule has 2 aromatic rings. The molecule has 1 N–H and O–H groups in total. The van der Waals surface area contributed by atoms with Gasteiger partial charge in [-0.15, -0.1) is 0 Å². The predicted octanol–water partition coefficient (Wildman–Crippen LogP) is 5.63. The first-order chi connectivity index (χ1) is 10.4. The van der Waals surface area contributed by atoms with Crippen molar-refractivity contribution in [2.45, 2.75) is 64.9 Å². The summed E-state index contributed by atoms with van der Waals surface area (Å²) in [5.41, 5.74) is 2.45. The molecule has 0 fully saturated rings. The van der Waals surface area contributed by atoms with E-state index in [0.717, 1.165) is 12.0 Å². The maximum atomic E-state index is 9.72. The van der Waals surface area contributed by atoms with E-state index >= 15 is 0 Å². The van der Waals surface area contributed by atoms with Gasteiger partial charge >= 0.3 is 0 Å². The van der Waals surface area contributed by atoms with Gasteiger partial charge in [0.2, 0.25) is 0 Å². The van der Waals surface area contributed by atoms with Crippen LogP contribution >= 0.6 is 0 Å². The van der Waals surface area contributed by atoms with E-state index in [1.54, 1.807) is 0 Å². The normalized spacial score (nSPS) is 11.1. The Morgan fingerprint density at radius 3 is 2.29 bits per heavy atom. The fraction of sp³-hybridized carbons (Fsp3) is 0.500. The Bertz CT molecular complexity index is 545. The third-order valence-corrected chi connectivity index (χ3v) is 4.35. The maximum Gasteiger partial charge on any atom is 0.0690 e.